The molecule has 3 aromatic rings. The zero-order valence-electron chi connectivity index (χ0n) is 15.4. The van der Waals surface area contributed by atoms with E-state index >= 15 is 0 Å². The highest BCUT2D eigenvalue weighted by Crippen LogP contribution is 2.21. The molecule has 0 radical (unpaired) electrons. The highest BCUT2D eigenvalue weighted by Gasteiger charge is 2.25. The van der Waals surface area contributed by atoms with Gasteiger partial charge in [-0.25, -0.2) is 13.4 Å². The number of para-hydroxylation sites is 2. The molecule has 0 saturated carbocycles. The third-order valence-electron chi connectivity index (χ3n) is 4.94. The summed E-state index contributed by atoms with van der Waals surface area (Å²) in [4.78, 5) is 20.0. The smallest absolute Gasteiger partial charge is 0.257 e. The normalized spacial score (nSPS) is 16.0. The molecule has 0 atom stereocenters. The predicted molar refractivity (Wildman–Crippen MR) is 108 cm³/mol. The fourth-order valence-corrected chi connectivity index (χ4v) is 4.92. The number of carbonyl (C=O) groups is 1. The first-order valence-corrected chi connectivity index (χ1v) is 10.8. The first-order chi connectivity index (χ1) is 13.5. The van der Waals surface area contributed by atoms with Crippen molar-refractivity contribution in [1.82, 2.24) is 14.3 Å². The number of anilines is 1. The van der Waals surface area contributed by atoms with Gasteiger partial charge >= 0.3 is 0 Å². The Hall–Kier alpha value is -2.71. The molecule has 2 heterocycles. The number of hydrogen-bond donors (Lipinski definition) is 2. The van der Waals surface area contributed by atoms with E-state index < -0.39 is 10.0 Å². The van der Waals surface area contributed by atoms with E-state index in [2.05, 4.69) is 15.3 Å². The molecule has 0 bridgehead atoms. The van der Waals surface area contributed by atoms with Crippen LogP contribution in [0.25, 0.3) is 11.0 Å². The summed E-state index contributed by atoms with van der Waals surface area (Å²) in [6.07, 6.45) is 3.90. The van der Waals surface area contributed by atoms with Gasteiger partial charge in [-0.3, -0.25) is 10.1 Å². The Morgan fingerprint density at radius 2 is 1.64 bits per heavy atom. The van der Waals surface area contributed by atoms with Crippen LogP contribution in [0.3, 0.4) is 0 Å². The largest absolute Gasteiger partial charge is 0.324 e. The molecule has 4 rings (SSSR count). The molecule has 1 aliphatic heterocycles. The van der Waals surface area contributed by atoms with Crippen molar-refractivity contribution in [1.29, 1.82) is 0 Å². The standard InChI is InChI=1S/C20H22N4O3S/c25-19(23-20-21-17-7-3-4-8-18(17)22-20)15-9-11-16(12-10-15)28(26,27)24-13-5-1-2-6-14-24/h3-4,7-12H,1-2,5-6,13-14H2,(H2,21,22,23,25). The Morgan fingerprint density at radius 3 is 2.32 bits per heavy atom. The van der Waals surface area contributed by atoms with Gasteiger partial charge in [0.1, 0.15) is 0 Å². The summed E-state index contributed by atoms with van der Waals surface area (Å²) < 4.78 is 27.2. The van der Waals surface area contributed by atoms with Crippen LogP contribution in [0.5, 0.6) is 0 Å². The molecule has 1 fully saturated rings. The van der Waals surface area contributed by atoms with Gasteiger partial charge in [0.25, 0.3) is 5.91 Å². The van der Waals surface area contributed by atoms with Gasteiger partial charge in [-0.05, 0) is 49.2 Å². The van der Waals surface area contributed by atoms with Crippen molar-refractivity contribution < 1.29 is 13.2 Å². The minimum Gasteiger partial charge on any atom is -0.324 e. The summed E-state index contributed by atoms with van der Waals surface area (Å²) in [6, 6.07) is 13.5. The molecular weight excluding hydrogens is 376 g/mol. The second kappa shape index (κ2) is 7.73. The fraction of sp³-hybridized carbons (Fsp3) is 0.300. The highest BCUT2D eigenvalue weighted by molar-refractivity contribution is 7.89. The SMILES string of the molecule is O=C(Nc1nc2ccccc2[nH]1)c1ccc(S(=O)(=O)N2CCCCCC2)cc1. The Kier molecular flexibility index (Phi) is 5.15. The number of H-pyrrole nitrogens is 1. The lowest BCUT2D eigenvalue weighted by molar-refractivity contribution is 0.102. The lowest BCUT2D eigenvalue weighted by Crippen LogP contribution is -2.31. The first kappa shape index (κ1) is 18.6. The zero-order chi connectivity index (χ0) is 19.6. The van der Waals surface area contributed by atoms with Gasteiger partial charge < -0.3 is 4.98 Å². The van der Waals surface area contributed by atoms with Crippen molar-refractivity contribution in [3.8, 4) is 0 Å². The van der Waals surface area contributed by atoms with Crippen molar-refractivity contribution in [2.45, 2.75) is 30.6 Å². The summed E-state index contributed by atoms with van der Waals surface area (Å²) in [5, 5.41) is 2.71. The molecule has 2 aromatic carbocycles. The molecule has 0 spiro atoms. The Labute approximate surface area is 163 Å². The Morgan fingerprint density at radius 1 is 0.964 bits per heavy atom. The van der Waals surface area contributed by atoms with E-state index in [-0.39, 0.29) is 10.8 Å². The second-order valence-electron chi connectivity index (χ2n) is 6.90. The van der Waals surface area contributed by atoms with Crippen LogP contribution in [0.4, 0.5) is 5.95 Å². The molecule has 1 amide bonds. The summed E-state index contributed by atoms with van der Waals surface area (Å²) in [7, 11) is -3.52. The van der Waals surface area contributed by atoms with Crippen LogP contribution in [-0.4, -0.2) is 41.7 Å². The molecule has 146 valence electrons. The van der Waals surface area contributed by atoms with Gasteiger partial charge in [-0.1, -0.05) is 25.0 Å². The van der Waals surface area contributed by atoms with Gasteiger partial charge in [0.2, 0.25) is 16.0 Å². The van der Waals surface area contributed by atoms with E-state index in [1.165, 1.54) is 24.3 Å². The zero-order valence-corrected chi connectivity index (χ0v) is 16.2. The lowest BCUT2D eigenvalue weighted by Gasteiger charge is -2.20. The van der Waals surface area contributed by atoms with Crippen LogP contribution in [0, 0.1) is 0 Å². The van der Waals surface area contributed by atoms with Crippen LogP contribution >= 0.6 is 0 Å². The fourth-order valence-electron chi connectivity index (χ4n) is 3.40. The Bertz CT molecular complexity index is 1050. The van der Waals surface area contributed by atoms with Gasteiger partial charge in [0.15, 0.2) is 0 Å². The van der Waals surface area contributed by atoms with Crippen LogP contribution in [0.15, 0.2) is 53.4 Å². The van der Waals surface area contributed by atoms with Crippen molar-refractivity contribution >= 4 is 32.9 Å². The topological polar surface area (TPSA) is 95.2 Å². The Balaban J connectivity index is 1.49. The highest BCUT2D eigenvalue weighted by atomic mass is 32.2. The molecule has 1 aliphatic rings. The third-order valence-corrected chi connectivity index (χ3v) is 6.85. The van der Waals surface area contributed by atoms with Crippen LogP contribution in [0.1, 0.15) is 36.0 Å². The maximum absolute atomic E-state index is 12.8. The molecule has 1 saturated heterocycles. The number of hydrogen-bond acceptors (Lipinski definition) is 4. The van der Waals surface area contributed by atoms with E-state index in [9.17, 15) is 13.2 Å². The first-order valence-electron chi connectivity index (χ1n) is 9.40. The molecule has 28 heavy (non-hydrogen) atoms. The number of imidazole rings is 1. The number of nitrogens with zero attached hydrogens (tertiary/aromatic N) is 2. The molecule has 2 N–H and O–H groups in total. The van der Waals surface area contributed by atoms with E-state index in [4.69, 9.17) is 0 Å². The summed E-state index contributed by atoms with van der Waals surface area (Å²) >= 11 is 0. The van der Waals surface area contributed by atoms with Crippen molar-refractivity contribution in [2.75, 3.05) is 18.4 Å². The molecule has 8 heteroatoms. The van der Waals surface area contributed by atoms with E-state index in [1.807, 2.05) is 24.3 Å². The van der Waals surface area contributed by atoms with E-state index in [0.29, 0.717) is 24.6 Å². The number of amides is 1. The number of carbonyl (C=O) groups excluding carboxylic acids is 1. The number of rotatable bonds is 4. The maximum Gasteiger partial charge on any atom is 0.257 e. The molecular formula is C20H22N4O3S. The van der Waals surface area contributed by atoms with E-state index in [1.54, 1.807) is 4.31 Å². The third kappa shape index (κ3) is 3.79. The minimum atomic E-state index is -3.52. The average Bonchev–Trinajstić information content (AvgIpc) is 2.90. The lowest BCUT2D eigenvalue weighted by atomic mass is 10.2. The van der Waals surface area contributed by atoms with Gasteiger partial charge in [-0.2, -0.15) is 4.31 Å². The van der Waals surface area contributed by atoms with Crippen LogP contribution in [0.2, 0.25) is 0 Å². The summed E-state index contributed by atoms with van der Waals surface area (Å²) in [6.45, 7) is 1.10. The quantitative estimate of drug-likeness (QED) is 0.704. The number of aromatic amines is 1. The number of nitrogens with one attached hydrogen (secondary N) is 2. The molecule has 1 aromatic heterocycles. The maximum atomic E-state index is 12.8. The van der Waals surface area contributed by atoms with Crippen molar-refractivity contribution in [3.05, 3.63) is 54.1 Å². The number of sulfonamides is 1. The van der Waals surface area contributed by atoms with Crippen molar-refractivity contribution in [3.63, 3.8) is 0 Å². The minimum absolute atomic E-state index is 0.217. The van der Waals surface area contributed by atoms with Crippen LogP contribution < -0.4 is 5.32 Å². The van der Waals surface area contributed by atoms with Gasteiger partial charge in [0.05, 0.1) is 15.9 Å². The predicted octanol–water partition coefficient (Wildman–Crippen LogP) is 3.38. The van der Waals surface area contributed by atoms with Crippen molar-refractivity contribution in [2.24, 2.45) is 0 Å². The summed E-state index contributed by atoms with van der Waals surface area (Å²) in [5.74, 6) is 0.00485. The molecule has 0 aliphatic carbocycles. The number of aromatic nitrogens is 2. The average molecular weight is 398 g/mol. The molecule has 7 nitrogen and oxygen atoms in total. The van der Waals surface area contributed by atoms with E-state index in [0.717, 1.165) is 36.7 Å². The summed E-state index contributed by atoms with van der Waals surface area (Å²) in [5.41, 5.74) is 1.96. The van der Waals surface area contributed by atoms with Gasteiger partial charge in [0, 0.05) is 18.7 Å². The number of benzene rings is 2. The van der Waals surface area contributed by atoms with Gasteiger partial charge in [-0.15, -0.1) is 0 Å². The second-order valence-corrected chi connectivity index (χ2v) is 8.84. The monoisotopic (exact) mass is 398 g/mol. The molecule has 0 unspecified atom stereocenters. The van der Waals surface area contributed by atoms with Crippen LogP contribution in [-0.2, 0) is 10.0 Å². The number of fused-ring (bicyclic) bond motifs is 1.